The van der Waals surface area contributed by atoms with Crippen molar-refractivity contribution in [1.82, 2.24) is 0 Å². The van der Waals surface area contributed by atoms with Gasteiger partial charge in [-0.3, -0.25) is 10.1 Å². The first-order chi connectivity index (χ1) is 5.52. The Morgan fingerprint density at radius 1 is 1.33 bits per heavy atom. The van der Waals surface area contributed by atoms with Crippen LogP contribution in [0, 0.1) is 10.1 Å². The molecule has 1 rings (SSSR count). The van der Waals surface area contributed by atoms with Crippen LogP contribution in [-0.4, -0.2) is 4.92 Å². The topological polar surface area (TPSA) is 43.1 Å². The third kappa shape index (κ3) is 1.99. The summed E-state index contributed by atoms with van der Waals surface area (Å²) in [4.78, 5) is 10.3. The highest BCUT2D eigenvalue weighted by atomic mass is 79.9. The molecule has 1 aromatic rings. The molecule has 64 valence electrons. The molecule has 0 radical (unpaired) electrons. The second-order valence-corrected chi connectivity index (χ2v) is 4.20. The van der Waals surface area contributed by atoms with Crippen molar-refractivity contribution in [3.05, 3.63) is 31.2 Å². The first kappa shape index (κ1) is 10.0. The predicted molar refractivity (Wildman–Crippen MR) is 55.7 cm³/mol. The molecule has 6 heteroatoms. The van der Waals surface area contributed by atoms with Gasteiger partial charge in [-0.2, -0.15) is 0 Å². The lowest BCUT2D eigenvalue weighted by Crippen LogP contribution is -1.89. The summed E-state index contributed by atoms with van der Waals surface area (Å²) in [6.07, 6.45) is 0. The van der Waals surface area contributed by atoms with Crippen LogP contribution in [0.3, 0.4) is 0 Å². The highest BCUT2D eigenvalue weighted by Crippen LogP contribution is 2.32. The monoisotopic (exact) mass is 311 g/mol. The normalized spacial score (nSPS) is 9.92. The Labute approximate surface area is 91.0 Å². The highest BCUT2D eigenvalue weighted by Gasteiger charge is 2.13. The van der Waals surface area contributed by atoms with Gasteiger partial charge in [-0.15, -0.1) is 12.6 Å². The molecule has 0 heterocycles. The second-order valence-electron chi connectivity index (χ2n) is 2.01. The lowest BCUT2D eigenvalue weighted by Gasteiger charge is -1.98. The van der Waals surface area contributed by atoms with E-state index in [0.29, 0.717) is 9.37 Å². The minimum absolute atomic E-state index is 0.00610. The fraction of sp³-hybridized carbons (Fsp3) is 0. The van der Waals surface area contributed by atoms with E-state index >= 15 is 0 Å². The Morgan fingerprint density at radius 2 is 1.83 bits per heavy atom. The molecule has 12 heavy (non-hydrogen) atoms. The zero-order chi connectivity index (χ0) is 9.30. The van der Waals surface area contributed by atoms with E-state index in [1.165, 1.54) is 6.07 Å². The molecule has 0 unspecified atom stereocenters. The van der Waals surface area contributed by atoms with Crippen molar-refractivity contribution >= 4 is 50.2 Å². The van der Waals surface area contributed by atoms with E-state index in [4.69, 9.17) is 0 Å². The molecule has 3 nitrogen and oxygen atoms in total. The SMILES string of the molecule is O=[N+]([O-])c1cc(Br)c(Br)cc1S. The molecule has 0 bridgehead atoms. The number of nitrogens with zero attached hydrogens (tertiary/aromatic N) is 1. The van der Waals surface area contributed by atoms with Gasteiger partial charge in [0.25, 0.3) is 5.69 Å². The summed E-state index contributed by atoms with van der Waals surface area (Å²) in [7, 11) is 0. The standard InChI is InChI=1S/C6H3Br2NO2S/c7-3-1-5(9(10)11)6(12)2-4(3)8/h1-2,12H. The number of hydrogen-bond donors (Lipinski definition) is 1. The molecule has 0 amide bonds. The summed E-state index contributed by atoms with van der Waals surface area (Å²) in [6.45, 7) is 0. The lowest BCUT2D eigenvalue weighted by atomic mass is 10.3. The number of hydrogen-bond acceptors (Lipinski definition) is 3. The molecular formula is C6H3Br2NO2S. The maximum absolute atomic E-state index is 10.4. The van der Waals surface area contributed by atoms with Crippen molar-refractivity contribution in [2.45, 2.75) is 4.90 Å². The first-order valence-electron chi connectivity index (χ1n) is 2.85. The molecule has 0 atom stereocenters. The van der Waals surface area contributed by atoms with E-state index < -0.39 is 4.92 Å². The molecule has 0 spiro atoms. The first-order valence-corrected chi connectivity index (χ1v) is 4.88. The van der Waals surface area contributed by atoms with Crippen LogP contribution in [0.15, 0.2) is 26.0 Å². The van der Waals surface area contributed by atoms with Crippen LogP contribution in [0.5, 0.6) is 0 Å². The van der Waals surface area contributed by atoms with Gasteiger partial charge < -0.3 is 0 Å². The van der Waals surface area contributed by atoms with Crippen molar-refractivity contribution < 1.29 is 4.92 Å². The van der Waals surface area contributed by atoms with Gasteiger partial charge in [0.15, 0.2) is 0 Å². The average molecular weight is 313 g/mol. The zero-order valence-electron chi connectivity index (χ0n) is 5.62. The Balaban J connectivity index is 3.33. The van der Waals surface area contributed by atoms with Gasteiger partial charge >= 0.3 is 0 Å². The van der Waals surface area contributed by atoms with Crippen LogP contribution in [0.25, 0.3) is 0 Å². The van der Waals surface area contributed by atoms with Crippen LogP contribution < -0.4 is 0 Å². The summed E-state index contributed by atoms with van der Waals surface area (Å²) in [5, 5.41) is 10.4. The third-order valence-corrected chi connectivity index (χ3v) is 3.42. The zero-order valence-corrected chi connectivity index (χ0v) is 9.69. The van der Waals surface area contributed by atoms with E-state index in [-0.39, 0.29) is 5.69 Å². The summed E-state index contributed by atoms with van der Waals surface area (Å²) >= 11 is 10.3. The molecule has 1 aromatic carbocycles. The fourth-order valence-electron chi connectivity index (χ4n) is 0.672. The number of thiol groups is 1. The van der Waals surface area contributed by atoms with Gasteiger partial charge in [0.05, 0.1) is 9.82 Å². The third-order valence-electron chi connectivity index (χ3n) is 1.21. The number of halogens is 2. The van der Waals surface area contributed by atoms with Crippen LogP contribution >= 0.6 is 44.5 Å². The Morgan fingerprint density at radius 3 is 2.33 bits per heavy atom. The van der Waals surface area contributed by atoms with Crippen LogP contribution in [0.4, 0.5) is 5.69 Å². The lowest BCUT2D eigenvalue weighted by molar-refractivity contribution is -0.387. The van der Waals surface area contributed by atoms with Gasteiger partial charge in [0.2, 0.25) is 0 Å². The number of rotatable bonds is 1. The van der Waals surface area contributed by atoms with Gasteiger partial charge in [0.1, 0.15) is 0 Å². The number of benzene rings is 1. The van der Waals surface area contributed by atoms with Crippen LogP contribution in [0.2, 0.25) is 0 Å². The molecule has 0 N–H and O–H groups in total. The average Bonchev–Trinajstić information content (AvgIpc) is 1.96. The minimum Gasteiger partial charge on any atom is -0.258 e. The van der Waals surface area contributed by atoms with Gasteiger partial charge in [-0.05, 0) is 37.9 Å². The van der Waals surface area contributed by atoms with E-state index in [9.17, 15) is 10.1 Å². The summed E-state index contributed by atoms with van der Waals surface area (Å²) in [5.41, 5.74) is -0.00610. The molecule has 0 aliphatic carbocycles. The Hall–Kier alpha value is -0.0700. The van der Waals surface area contributed by atoms with E-state index in [1.807, 2.05) is 0 Å². The highest BCUT2D eigenvalue weighted by molar-refractivity contribution is 9.13. The van der Waals surface area contributed by atoms with Crippen LogP contribution in [-0.2, 0) is 0 Å². The van der Waals surface area contributed by atoms with Crippen molar-refractivity contribution in [2.75, 3.05) is 0 Å². The van der Waals surface area contributed by atoms with Crippen LogP contribution in [0.1, 0.15) is 0 Å². The Kier molecular flexibility index (Phi) is 3.14. The van der Waals surface area contributed by atoms with Gasteiger partial charge in [0, 0.05) is 15.0 Å². The van der Waals surface area contributed by atoms with Gasteiger partial charge in [-0.1, -0.05) is 0 Å². The maximum Gasteiger partial charge on any atom is 0.283 e. The second kappa shape index (κ2) is 3.76. The quantitative estimate of drug-likeness (QED) is 0.490. The smallest absolute Gasteiger partial charge is 0.258 e. The summed E-state index contributed by atoms with van der Waals surface area (Å²) < 4.78 is 1.39. The van der Waals surface area contributed by atoms with E-state index in [1.54, 1.807) is 6.07 Å². The minimum atomic E-state index is -0.473. The Bertz CT molecular complexity index is 343. The fourth-order valence-corrected chi connectivity index (χ4v) is 1.80. The van der Waals surface area contributed by atoms with Crippen molar-refractivity contribution in [3.8, 4) is 0 Å². The van der Waals surface area contributed by atoms with Crippen molar-refractivity contribution in [3.63, 3.8) is 0 Å². The molecule has 0 saturated carbocycles. The summed E-state index contributed by atoms with van der Waals surface area (Å²) in [6, 6.07) is 2.98. The van der Waals surface area contributed by atoms with E-state index in [2.05, 4.69) is 44.5 Å². The summed E-state index contributed by atoms with van der Waals surface area (Å²) in [5.74, 6) is 0. The van der Waals surface area contributed by atoms with Crippen molar-refractivity contribution in [2.24, 2.45) is 0 Å². The molecule has 0 aliphatic rings. The molecular weight excluding hydrogens is 310 g/mol. The van der Waals surface area contributed by atoms with E-state index in [0.717, 1.165) is 4.47 Å². The number of nitro benzene ring substituents is 1. The van der Waals surface area contributed by atoms with Crippen molar-refractivity contribution in [1.29, 1.82) is 0 Å². The predicted octanol–water partition coefficient (Wildman–Crippen LogP) is 3.41. The largest absolute Gasteiger partial charge is 0.283 e. The molecule has 0 aromatic heterocycles. The molecule has 0 aliphatic heterocycles. The maximum atomic E-state index is 10.4. The van der Waals surface area contributed by atoms with Gasteiger partial charge in [-0.25, -0.2) is 0 Å². The molecule has 0 fully saturated rings. The molecule has 0 saturated heterocycles. The number of nitro groups is 1.